The maximum absolute atomic E-state index is 2.40. The molecule has 0 spiro atoms. The number of nitrogens with zero attached hydrogens (tertiary/aromatic N) is 1. The lowest BCUT2D eigenvalue weighted by molar-refractivity contribution is 0.872. The van der Waals surface area contributed by atoms with Crippen LogP contribution in [-0.2, 0) is 0 Å². The first-order chi connectivity index (χ1) is 2.27. The predicted molar refractivity (Wildman–Crippen MR) is 32.1 cm³/mol. The molecular formula is C2H11NSi2. The summed E-state index contributed by atoms with van der Waals surface area (Å²) in [5.41, 5.74) is 0. The average molecular weight is 105 g/mol. The molecule has 32 valence electrons. The van der Waals surface area contributed by atoms with Gasteiger partial charge >= 0.3 is 0 Å². The van der Waals surface area contributed by atoms with Crippen LogP contribution in [0, 0.1) is 0 Å². The van der Waals surface area contributed by atoms with E-state index in [-0.39, 0.29) is 9.68 Å². The molecule has 3 heteroatoms. The quantitative estimate of drug-likeness (QED) is 0.361. The minimum atomic E-state index is 0.244. The van der Waals surface area contributed by atoms with E-state index in [4.69, 9.17) is 0 Å². The Balaban J connectivity index is 2.54. The predicted octanol–water partition coefficient (Wildman–Crippen LogP) is -1.67. The SMILES string of the molecule is C[SiH2]N(C)[SiH3]. The van der Waals surface area contributed by atoms with Gasteiger partial charge in [0, 0.05) is 0 Å². The fourth-order valence-electron chi connectivity index (χ4n) is 0. The fourth-order valence-corrected chi connectivity index (χ4v) is 0. The van der Waals surface area contributed by atoms with Crippen molar-refractivity contribution < 1.29 is 0 Å². The molecule has 0 saturated heterocycles. The van der Waals surface area contributed by atoms with Crippen LogP contribution in [0.2, 0.25) is 6.55 Å². The molecule has 1 nitrogen and oxygen atoms in total. The second-order valence-electron chi connectivity index (χ2n) is 1.40. The summed E-state index contributed by atoms with van der Waals surface area (Å²) >= 11 is 0. The summed E-state index contributed by atoms with van der Waals surface area (Å²) in [5.74, 6) is 0. The van der Waals surface area contributed by atoms with Crippen molar-refractivity contribution in [1.82, 2.24) is 4.23 Å². The van der Waals surface area contributed by atoms with Crippen molar-refractivity contribution >= 4 is 20.1 Å². The van der Waals surface area contributed by atoms with Crippen molar-refractivity contribution in [2.75, 3.05) is 7.05 Å². The van der Waals surface area contributed by atoms with Crippen molar-refractivity contribution in [3.63, 3.8) is 0 Å². The minimum Gasteiger partial charge on any atom is -0.360 e. The maximum Gasteiger partial charge on any atom is 0.0835 e. The lowest BCUT2D eigenvalue weighted by Crippen LogP contribution is -2.14. The highest BCUT2D eigenvalue weighted by atomic mass is 28.3. The van der Waals surface area contributed by atoms with Gasteiger partial charge in [0.1, 0.15) is 0 Å². The molecule has 0 radical (unpaired) electrons. The third-order valence-electron chi connectivity index (χ3n) is 0.632. The van der Waals surface area contributed by atoms with Gasteiger partial charge in [0.25, 0.3) is 0 Å². The van der Waals surface area contributed by atoms with Gasteiger partial charge in [-0.15, -0.1) is 0 Å². The summed E-state index contributed by atoms with van der Waals surface area (Å²) in [4.78, 5) is 0. The van der Waals surface area contributed by atoms with Crippen LogP contribution in [0.25, 0.3) is 0 Å². The van der Waals surface area contributed by atoms with Crippen molar-refractivity contribution in [3.05, 3.63) is 0 Å². The van der Waals surface area contributed by atoms with Crippen LogP contribution in [-0.4, -0.2) is 31.4 Å². The Kier molecular flexibility index (Phi) is 2.83. The van der Waals surface area contributed by atoms with Crippen LogP contribution in [0.5, 0.6) is 0 Å². The van der Waals surface area contributed by atoms with Crippen LogP contribution < -0.4 is 0 Å². The molecule has 0 aromatic rings. The van der Waals surface area contributed by atoms with Crippen LogP contribution in [0.1, 0.15) is 0 Å². The van der Waals surface area contributed by atoms with Crippen LogP contribution >= 0.6 is 0 Å². The van der Waals surface area contributed by atoms with E-state index >= 15 is 0 Å². The number of hydrogen-bond acceptors (Lipinski definition) is 1. The van der Waals surface area contributed by atoms with Gasteiger partial charge in [0.15, 0.2) is 0 Å². The van der Waals surface area contributed by atoms with Gasteiger partial charge in [-0.3, -0.25) is 0 Å². The van der Waals surface area contributed by atoms with Crippen LogP contribution in [0.15, 0.2) is 0 Å². The largest absolute Gasteiger partial charge is 0.360 e. The molecule has 0 fully saturated rings. The van der Waals surface area contributed by atoms with Crippen molar-refractivity contribution in [2.24, 2.45) is 0 Å². The molecule has 0 amide bonds. The molecule has 0 unspecified atom stereocenters. The zero-order valence-electron chi connectivity index (χ0n) is 4.15. The van der Waals surface area contributed by atoms with E-state index in [1.807, 2.05) is 0 Å². The van der Waals surface area contributed by atoms with Crippen LogP contribution in [0.4, 0.5) is 0 Å². The van der Waals surface area contributed by atoms with Gasteiger partial charge in [-0.05, 0) is 7.05 Å². The topological polar surface area (TPSA) is 3.24 Å². The summed E-state index contributed by atoms with van der Waals surface area (Å²) in [6.45, 7) is 2.30. The second-order valence-corrected chi connectivity index (χ2v) is 6.09. The normalized spacial score (nSPS) is 12.6. The molecule has 0 heterocycles. The van der Waals surface area contributed by atoms with E-state index < -0.39 is 0 Å². The lowest BCUT2D eigenvalue weighted by atomic mass is 11.6. The zero-order valence-corrected chi connectivity index (χ0v) is 7.57. The molecule has 0 atom stereocenters. The van der Waals surface area contributed by atoms with Gasteiger partial charge in [-0.25, -0.2) is 0 Å². The molecule has 0 aliphatic carbocycles. The number of hydrogen-bond donors (Lipinski definition) is 0. The first-order valence-corrected chi connectivity index (χ1v) is 4.86. The third-order valence-corrected chi connectivity index (χ3v) is 3.79. The van der Waals surface area contributed by atoms with Crippen LogP contribution in [0.3, 0.4) is 0 Å². The minimum absolute atomic E-state index is 0.244. The van der Waals surface area contributed by atoms with Gasteiger partial charge in [0.2, 0.25) is 0 Å². The molecular weight excluding hydrogens is 94.2 g/mol. The Morgan fingerprint density at radius 2 is 2.00 bits per heavy atom. The van der Waals surface area contributed by atoms with Crippen molar-refractivity contribution in [3.8, 4) is 0 Å². The highest BCUT2D eigenvalue weighted by molar-refractivity contribution is 6.39. The van der Waals surface area contributed by atoms with E-state index in [0.717, 1.165) is 0 Å². The molecule has 0 rings (SSSR count). The Morgan fingerprint density at radius 3 is 2.00 bits per heavy atom. The van der Waals surface area contributed by atoms with E-state index in [0.29, 0.717) is 0 Å². The summed E-state index contributed by atoms with van der Waals surface area (Å²) in [5, 5.41) is 0. The third kappa shape index (κ3) is 4.39. The lowest BCUT2D eigenvalue weighted by Gasteiger charge is -1.99. The molecule has 5 heavy (non-hydrogen) atoms. The molecule has 0 aromatic heterocycles. The first-order valence-electron chi connectivity index (χ1n) is 1.92. The van der Waals surface area contributed by atoms with Gasteiger partial charge < -0.3 is 4.23 Å². The Hall–Kier alpha value is 0.394. The Morgan fingerprint density at radius 1 is 1.80 bits per heavy atom. The van der Waals surface area contributed by atoms with E-state index in [1.165, 1.54) is 10.4 Å². The smallest absolute Gasteiger partial charge is 0.0835 e. The summed E-state index contributed by atoms with van der Waals surface area (Å²) in [6, 6.07) is 0. The Bertz CT molecular complexity index is 21.6. The highest BCUT2D eigenvalue weighted by Gasteiger charge is 1.73. The Labute approximate surface area is 38.8 Å². The molecule has 0 N–H and O–H groups in total. The molecule has 0 aliphatic heterocycles. The fraction of sp³-hybridized carbons (Fsp3) is 1.00. The van der Waals surface area contributed by atoms with Crippen molar-refractivity contribution in [2.45, 2.75) is 6.55 Å². The first kappa shape index (κ1) is 5.39. The van der Waals surface area contributed by atoms with Gasteiger partial charge in [0.05, 0.1) is 20.1 Å². The summed E-state index contributed by atoms with van der Waals surface area (Å²) in [7, 11) is 3.69. The highest BCUT2D eigenvalue weighted by Crippen LogP contribution is 1.58. The van der Waals surface area contributed by atoms with E-state index in [9.17, 15) is 0 Å². The van der Waals surface area contributed by atoms with Gasteiger partial charge in [-0.1, -0.05) is 6.55 Å². The monoisotopic (exact) mass is 105 g/mol. The standard InChI is InChI=1S/C2H11NSi2/c1-3(4)5-2/h5H2,1-2,4H3. The van der Waals surface area contributed by atoms with E-state index in [1.54, 1.807) is 0 Å². The zero-order chi connectivity index (χ0) is 4.28. The number of rotatable bonds is 1. The average Bonchev–Trinajstić information content (AvgIpc) is 1.38. The molecule has 0 saturated carbocycles. The molecule has 0 aromatic carbocycles. The molecule has 0 aliphatic rings. The van der Waals surface area contributed by atoms with E-state index in [2.05, 4.69) is 17.8 Å². The summed E-state index contributed by atoms with van der Waals surface area (Å²) < 4.78 is 2.40. The summed E-state index contributed by atoms with van der Waals surface area (Å²) in [6.07, 6.45) is 0. The van der Waals surface area contributed by atoms with Crippen molar-refractivity contribution in [1.29, 1.82) is 0 Å². The second kappa shape index (κ2) is 2.62. The van der Waals surface area contributed by atoms with Gasteiger partial charge in [-0.2, -0.15) is 0 Å². The maximum atomic E-state index is 2.40. The molecule has 0 bridgehead atoms.